The van der Waals surface area contributed by atoms with Crippen LogP contribution in [0.1, 0.15) is 16.9 Å². The number of H-pyrrole nitrogens is 1. The summed E-state index contributed by atoms with van der Waals surface area (Å²) in [5, 5.41) is 1.38. The Hall–Kier alpha value is -0.920. The minimum absolute atomic E-state index is 0.0372. The van der Waals surface area contributed by atoms with Crippen LogP contribution in [-0.4, -0.2) is 20.7 Å². The van der Waals surface area contributed by atoms with Crippen LogP contribution in [0.15, 0.2) is 9.95 Å². The van der Waals surface area contributed by atoms with Gasteiger partial charge in [0.1, 0.15) is 4.83 Å². The summed E-state index contributed by atoms with van der Waals surface area (Å²) in [7, 11) is 0. The molecule has 2 aromatic rings. The van der Waals surface area contributed by atoms with E-state index in [1.807, 2.05) is 0 Å². The maximum absolute atomic E-state index is 12.1. The van der Waals surface area contributed by atoms with Crippen molar-refractivity contribution in [3.63, 3.8) is 0 Å². The summed E-state index contributed by atoms with van der Waals surface area (Å²) < 4.78 is 0. The predicted molar refractivity (Wildman–Crippen MR) is 79.8 cm³/mol. The van der Waals surface area contributed by atoms with E-state index in [-0.39, 0.29) is 5.56 Å². The first-order chi connectivity index (χ1) is 8.65. The van der Waals surface area contributed by atoms with Gasteiger partial charge in [-0.2, -0.15) is 0 Å². The zero-order valence-corrected chi connectivity index (χ0v) is 11.9. The molecule has 4 nitrogen and oxygen atoms in total. The van der Waals surface area contributed by atoms with Gasteiger partial charge in [-0.1, -0.05) is 24.0 Å². The number of aromatic nitrogens is 2. The van der Waals surface area contributed by atoms with Gasteiger partial charge in [0.25, 0.3) is 5.56 Å². The fourth-order valence-corrected chi connectivity index (χ4v) is 4.29. The van der Waals surface area contributed by atoms with Gasteiger partial charge in [0.15, 0.2) is 5.16 Å². The Kier molecular flexibility index (Phi) is 3.13. The zero-order valence-electron chi connectivity index (χ0n) is 9.49. The molecule has 18 heavy (non-hydrogen) atoms. The van der Waals surface area contributed by atoms with Crippen molar-refractivity contribution >= 4 is 50.5 Å². The zero-order chi connectivity index (χ0) is 12.7. The van der Waals surface area contributed by atoms with E-state index in [4.69, 9.17) is 18.0 Å². The number of rotatable bonds is 3. The smallest absolute Gasteiger partial charge is 0.260 e. The van der Waals surface area contributed by atoms with Crippen LogP contribution in [0.5, 0.6) is 0 Å². The molecular formula is C11H11N3OS3. The molecular weight excluding hydrogens is 286 g/mol. The number of hydrogen-bond donors (Lipinski definition) is 2. The second kappa shape index (κ2) is 4.64. The quantitative estimate of drug-likeness (QED) is 0.514. The molecule has 0 saturated carbocycles. The molecule has 0 aromatic carbocycles. The van der Waals surface area contributed by atoms with Gasteiger partial charge >= 0.3 is 0 Å². The van der Waals surface area contributed by atoms with Gasteiger partial charge in [-0.05, 0) is 24.8 Å². The number of nitrogens with two attached hydrogens (primary N) is 1. The third kappa shape index (κ3) is 2.06. The summed E-state index contributed by atoms with van der Waals surface area (Å²) in [4.78, 5) is 22.0. The Morgan fingerprint density at radius 2 is 2.39 bits per heavy atom. The highest BCUT2D eigenvalue weighted by Gasteiger charge is 2.21. The van der Waals surface area contributed by atoms with Gasteiger partial charge in [0.2, 0.25) is 0 Å². The summed E-state index contributed by atoms with van der Waals surface area (Å²) >= 11 is 7.83. The Balaban J connectivity index is 2.06. The van der Waals surface area contributed by atoms with E-state index in [0.29, 0.717) is 15.9 Å². The molecule has 0 unspecified atom stereocenters. The highest BCUT2D eigenvalue weighted by Crippen LogP contribution is 2.34. The second-order valence-corrected chi connectivity index (χ2v) is 6.74. The number of thiophene rings is 1. The van der Waals surface area contributed by atoms with Crippen molar-refractivity contribution in [3.05, 3.63) is 20.8 Å². The fourth-order valence-electron chi connectivity index (χ4n) is 2.19. The van der Waals surface area contributed by atoms with Crippen LogP contribution in [0.2, 0.25) is 0 Å². The summed E-state index contributed by atoms with van der Waals surface area (Å²) in [6.45, 7) is 0. The van der Waals surface area contributed by atoms with Crippen molar-refractivity contribution in [2.45, 2.75) is 24.4 Å². The number of thiocarbonyl (C=S) groups is 1. The highest BCUT2D eigenvalue weighted by atomic mass is 32.2. The highest BCUT2D eigenvalue weighted by molar-refractivity contribution is 8.00. The van der Waals surface area contributed by atoms with Crippen molar-refractivity contribution in [2.24, 2.45) is 5.73 Å². The molecule has 3 N–H and O–H groups in total. The third-order valence-electron chi connectivity index (χ3n) is 2.90. The SMILES string of the molecule is NC(=S)CSc1nc2sc3c(c2c(=O)[nH]1)CCC3. The number of thioether (sulfide) groups is 1. The Morgan fingerprint density at radius 3 is 3.17 bits per heavy atom. The lowest BCUT2D eigenvalue weighted by Gasteiger charge is -2.00. The molecule has 0 atom stereocenters. The Bertz CT molecular complexity index is 689. The van der Waals surface area contributed by atoms with E-state index in [1.165, 1.54) is 22.2 Å². The summed E-state index contributed by atoms with van der Waals surface area (Å²) in [6, 6.07) is 0. The number of aromatic amines is 1. The molecule has 0 saturated heterocycles. The first kappa shape index (κ1) is 12.1. The Labute approximate surface area is 117 Å². The van der Waals surface area contributed by atoms with Gasteiger partial charge in [-0.25, -0.2) is 4.98 Å². The van der Waals surface area contributed by atoms with Crippen LogP contribution in [-0.2, 0) is 12.8 Å². The van der Waals surface area contributed by atoms with E-state index in [1.54, 1.807) is 11.3 Å². The number of nitrogens with zero attached hydrogens (tertiary/aromatic N) is 1. The molecule has 94 valence electrons. The molecule has 0 fully saturated rings. The number of nitrogens with one attached hydrogen (secondary N) is 1. The minimum Gasteiger partial charge on any atom is -0.393 e. The number of hydrogen-bond acceptors (Lipinski definition) is 5. The van der Waals surface area contributed by atoms with E-state index < -0.39 is 0 Å². The van der Waals surface area contributed by atoms with Gasteiger partial charge in [-0.15, -0.1) is 11.3 Å². The molecule has 7 heteroatoms. The summed E-state index contributed by atoms with van der Waals surface area (Å²) in [5.74, 6) is 0.495. The average Bonchev–Trinajstić information content (AvgIpc) is 2.85. The molecule has 0 radical (unpaired) electrons. The normalized spacial score (nSPS) is 14.0. The summed E-state index contributed by atoms with van der Waals surface area (Å²) in [5.41, 5.74) is 6.61. The van der Waals surface area contributed by atoms with Gasteiger partial charge in [0, 0.05) is 4.88 Å². The molecule has 0 spiro atoms. The maximum Gasteiger partial charge on any atom is 0.260 e. The van der Waals surface area contributed by atoms with Crippen LogP contribution >= 0.6 is 35.3 Å². The van der Waals surface area contributed by atoms with E-state index >= 15 is 0 Å². The van der Waals surface area contributed by atoms with Gasteiger partial charge in [0.05, 0.1) is 16.1 Å². The van der Waals surface area contributed by atoms with Crippen molar-refractivity contribution in [2.75, 3.05) is 5.75 Å². The van der Waals surface area contributed by atoms with Crippen LogP contribution in [0.25, 0.3) is 10.2 Å². The van der Waals surface area contributed by atoms with Crippen LogP contribution in [0.3, 0.4) is 0 Å². The van der Waals surface area contributed by atoms with E-state index in [9.17, 15) is 4.79 Å². The monoisotopic (exact) mass is 297 g/mol. The molecule has 1 aliphatic carbocycles. The topological polar surface area (TPSA) is 71.8 Å². The summed E-state index contributed by atoms with van der Waals surface area (Å²) in [6.07, 6.45) is 3.22. The maximum atomic E-state index is 12.1. The third-order valence-corrected chi connectivity index (χ3v) is 5.34. The molecule has 0 amide bonds. The first-order valence-corrected chi connectivity index (χ1v) is 7.82. The van der Waals surface area contributed by atoms with Crippen LogP contribution < -0.4 is 11.3 Å². The number of fused-ring (bicyclic) bond motifs is 3. The molecule has 2 heterocycles. The van der Waals surface area contributed by atoms with Crippen LogP contribution in [0.4, 0.5) is 0 Å². The van der Waals surface area contributed by atoms with Crippen LogP contribution in [0, 0.1) is 0 Å². The van der Waals surface area contributed by atoms with E-state index in [2.05, 4.69) is 9.97 Å². The van der Waals surface area contributed by atoms with E-state index in [0.717, 1.165) is 29.5 Å². The first-order valence-electron chi connectivity index (χ1n) is 5.61. The van der Waals surface area contributed by atoms with Gasteiger partial charge in [-0.3, -0.25) is 4.79 Å². The van der Waals surface area contributed by atoms with Gasteiger partial charge < -0.3 is 10.7 Å². The molecule has 1 aliphatic rings. The Morgan fingerprint density at radius 1 is 1.56 bits per heavy atom. The minimum atomic E-state index is -0.0372. The predicted octanol–water partition coefficient (Wildman–Crippen LogP) is 1.85. The van der Waals surface area contributed by atoms with Crippen molar-refractivity contribution in [1.29, 1.82) is 0 Å². The lowest BCUT2D eigenvalue weighted by Crippen LogP contribution is -2.13. The molecule has 2 aromatic heterocycles. The standard InChI is InChI=1S/C11H11N3OS3/c12-7(16)4-17-11-13-9(15)8-5-2-1-3-6(5)18-10(8)14-11/h1-4H2,(H2,12,16)(H,13,14,15). The largest absolute Gasteiger partial charge is 0.393 e. The van der Waals surface area contributed by atoms with Crippen molar-refractivity contribution in [3.8, 4) is 0 Å². The van der Waals surface area contributed by atoms with Crippen molar-refractivity contribution in [1.82, 2.24) is 9.97 Å². The lowest BCUT2D eigenvalue weighted by molar-refractivity contribution is 0.914. The number of aryl methyl sites for hydroxylation is 2. The average molecular weight is 297 g/mol. The second-order valence-electron chi connectivity index (χ2n) is 4.16. The fraction of sp³-hybridized carbons (Fsp3) is 0.364. The lowest BCUT2D eigenvalue weighted by atomic mass is 10.2. The molecule has 0 bridgehead atoms. The van der Waals surface area contributed by atoms with Crippen molar-refractivity contribution < 1.29 is 0 Å². The molecule has 3 rings (SSSR count). The molecule has 0 aliphatic heterocycles.